The maximum atomic E-state index is 13.7. The molecule has 1 unspecified atom stereocenters. The molecule has 4 rings (SSSR count). The van der Waals surface area contributed by atoms with Crippen LogP contribution in [-0.4, -0.2) is 41.3 Å². The number of amides is 1. The van der Waals surface area contributed by atoms with Gasteiger partial charge in [-0.2, -0.15) is 0 Å². The van der Waals surface area contributed by atoms with Crippen LogP contribution in [0.25, 0.3) is 10.2 Å². The lowest BCUT2D eigenvalue weighted by atomic mass is 9.95. The number of carbonyl (C=O) groups is 1. The first kappa shape index (κ1) is 23.9. The Morgan fingerprint density at radius 3 is 2.56 bits per heavy atom. The maximum absolute atomic E-state index is 13.7. The van der Waals surface area contributed by atoms with Crippen LogP contribution in [0.3, 0.4) is 0 Å². The van der Waals surface area contributed by atoms with Crippen molar-refractivity contribution in [2.45, 2.75) is 32.4 Å². The van der Waals surface area contributed by atoms with Gasteiger partial charge in [-0.25, -0.2) is 4.98 Å². The summed E-state index contributed by atoms with van der Waals surface area (Å²) < 4.78 is 1.73. The fourth-order valence-electron chi connectivity index (χ4n) is 4.20. The number of benzene rings is 2. The minimum absolute atomic E-state index is 0.0768. The average Bonchev–Trinajstić information content (AvgIpc) is 3.33. The van der Waals surface area contributed by atoms with E-state index in [1.807, 2.05) is 85.7 Å². The van der Waals surface area contributed by atoms with E-state index in [2.05, 4.69) is 0 Å². The molecule has 2 aromatic carbocycles. The highest BCUT2D eigenvalue weighted by atomic mass is 32.1. The van der Waals surface area contributed by atoms with Gasteiger partial charge < -0.3 is 10.6 Å². The summed E-state index contributed by atoms with van der Waals surface area (Å²) in [7, 11) is 2.00. The molecule has 1 atom stereocenters. The molecular formula is C26H29BN4O2S. The van der Waals surface area contributed by atoms with E-state index in [-0.39, 0.29) is 17.5 Å². The van der Waals surface area contributed by atoms with E-state index in [9.17, 15) is 9.59 Å². The SMILES string of the molecule is Bc1ccc(C(=O)N(CCCN)C(CC)c2nc3sccc3c(=O)n2Cc2ccccc2)cc1. The number of hydrogen-bond donors (Lipinski definition) is 1. The highest BCUT2D eigenvalue weighted by molar-refractivity contribution is 7.16. The summed E-state index contributed by atoms with van der Waals surface area (Å²) in [4.78, 5) is 34.7. The Labute approximate surface area is 204 Å². The van der Waals surface area contributed by atoms with Crippen LogP contribution in [0.5, 0.6) is 0 Å². The molecule has 0 saturated carbocycles. The Kier molecular flexibility index (Phi) is 7.60. The summed E-state index contributed by atoms with van der Waals surface area (Å²) in [6.07, 6.45) is 1.29. The molecule has 4 aromatic rings. The number of nitrogens with two attached hydrogens (primary N) is 1. The molecule has 0 radical (unpaired) electrons. The predicted octanol–water partition coefficient (Wildman–Crippen LogP) is 2.71. The number of fused-ring (bicyclic) bond motifs is 1. The van der Waals surface area contributed by atoms with Gasteiger partial charge in [-0.15, -0.1) is 11.3 Å². The van der Waals surface area contributed by atoms with Gasteiger partial charge in [0.05, 0.1) is 18.0 Å². The molecule has 2 aromatic heterocycles. The van der Waals surface area contributed by atoms with Crippen molar-refractivity contribution in [3.63, 3.8) is 0 Å². The maximum Gasteiger partial charge on any atom is 0.262 e. The molecule has 0 aliphatic heterocycles. The average molecular weight is 472 g/mol. The monoisotopic (exact) mass is 472 g/mol. The lowest BCUT2D eigenvalue weighted by Gasteiger charge is -2.32. The molecule has 34 heavy (non-hydrogen) atoms. The van der Waals surface area contributed by atoms with Gasteiger partial charge in [0.25, 0.3) is 11.5 Å². The standard InChI is InChI=1S/C26H29BN4O2S/c1-2-22(30(15-6-14-28)25(32)19-9-11-20(27)12-10-19)23-29-24-21(13-16-34-24)26(33)31(23)17-18-7-4-3-5-8-18/h3-5,7-13,16,22H,2,6,14-15,17,27-28H2,1H3. The highest BCUT2D eigenvalue weighted by Gasteiger charge is 2.29. The van der Waals surface area contributed by atoms with Gasteiger partial charge >= 0.3 is 0 Å². The molecule has 1 amide bonds. The molecule has 0 aliphatic rings. The van der Waals surface area contributed by atoms with Crippen LogP contribution >= 0.6 is 11.3 Å². The topological polar surface area (TPSA) is 81.2 Å². The summed E-state index contributed by atoms with van der Waals surface area (Å²) >= 11 is 1.45. The van der Waals surface area contributed by atoms with Crippen molar-refractivity contribution in [1.82, 2.24) is 14.5 Å². The first-order chi connectivity index (χ1) is 16.5. The summed E-state index contributed by atoms with van der Waals surface area (Å²) in [6, 6.07) is 18.9. The number of carbonyl (C=O) groups excluding carboxylic acids is 1. The third-order valence-corrected chi connectivity index (χ3v) is 6.83. The lowest BCUT2D eigenvalue weighted by molar-refractivity contribution is 0.0656. The van der Waals surface area contributed by atoms with E-state index in [0.717, 1.165) is 11.0 Å². The van der Waals surface area contributed by atoms with Gasteiger partial charge in [-0.05, 0) is 36.4 Å². The van der Waals surface area contributed by atoms with Crippen LogP contribution in [0.2, 0.25) is 0 Å². The first-order valence-electron chi connectivity index (χ1n) is 11.6. The number of rotatable bonds is 9. The highest BCUT2D eigenvalue weighted by Crippen LogP contribution is 2.27. The van der Waals surface area contributed by atoms with E-state index in [4.69, 9.17) is 10.7 Å². The minimum Gasteiger partial charge on any atom is -0.330 e. The fraction of sp³-hybridized carbons (Fsp3) is 0.269. The number of aromatic nitrogens is 2. The number of nitrogens with zero attached hydrogens (tertiary/aromatic N) is 3. The number of thiophene rings is 1. The Hall–Kier alpha value is -3.23. The van der Waals surface area contributed by atoms with Crippen molar-refractivity contribution in [1.29, 1.82) is 0 Å². The van der Waals surface area contributed by atoms with Crippen molar-refractivity contribution in [3.05, 3.63) is 93.3 Å². The van der Waals surface area contributed by atoms with Crippen LogP contribution < -0.4 is 16.8 Å². The van der Waals surface area contributed by atoms with Gasteiger partial charge in [0.1, 0.15) is 18.5 Å². The zero-order chi connectivity index (χ0) is 24.1. The summed E-state index contributed by atoms with van der Waals surface area (Å²) in [5, 5.41) is 2.50. The fourth-order valence-corrected chi connectivity index (χ4v) is 4.96. The molecule has 0 spiro atoms. The normalized spacial score (nSPS) is 12.1. The van der Waals surface area contributed by atoms with E-state index in [0.29, 0.717) is 54.1 Å². The van der Waals surface area contributed by atoms with E-state index >= 15 is 0 Å². The molecule has 6 nitrogen and oxygen atoms in total. The zero-order valence-corrected chi connectivity index (χ0v) is 20.4. The molecule has 2 heterocycles. The van der Waals surface area contributed by atoms with Gasteiger partial charge in [0, 0.05) is 12.1 Å². The Bertz CT molecular complexity index is 1320. The lowest BCUT2D eigenvalue weighted by Crippen LogP contribution is -2.40. The third-order valence-electron chi connectivity index (χ3n) is 6.02. The first-order valence-corrected chi connectivity index (χ1v) is 12.5. The van der Waals surface area contributed by atoms with E-state index < -0.39 is 0 Å². The van der Waals surface area contributed by atoms with Gasteiger partial charge in [0.2, 0.25) is 0 Å². The van der Waals surface area contributed by atoms with Crippen LogP contribution in [-0.2, 0) is 6.54 Å². The Balaban J connectivity index is 1.84. The van der Waals surface area contributed by atoms with E-state index in [1.54, 1.807) is 4.57 Å². The Morgan fingerprint density at radius 1 is 1.15 bits per heavy atom. The molecule has 174 valence electrons. The molecule has 2 N–H and O–H groups in total. The van der Waals surface area contributed by atoms with Crippen molar-refractivity contribution >= 4 is 40.8 Å². The van der Waals surface area contributed by atoms with Crippen LogP contribution in [0, 0.1) is 0 Å². The molecule has 0 fully saturated rings. The number of hydrogen-bond acceptors (Lipinski definition) is 5. The smallest absolute Gasteiger partial charge is 0.262 e. The third kappa shape index (κ3) is 4.98. The van der Waals surface area contributed by atoms with Crippen LogP contribution in [0.15, 0.2) is 70.8 Å². The van der Waals surface area contributed by atoms with Crippen molar-refractivity contribution in [3.8, 4) is 0 Å². The van der Waals surface area contributed by atoms with Crippen molar-refractivity contribution in [2.24, 2.45) is 5.73 Å². The van der Waals surface area contributed by atoms with Gasteiger partial charge in [0.15, 0.2) is 0 Å². The molecule has 8 heteroatoms. The van der Waals surface area contributed by atoms with Crippen LogP contribution in [0.4, 0.5) is 0 Å². The minimum atomic E-state index is -0.358. The van der Waals surface area contributed by atoms with Crippen molar-refractivity contribution < 1.29 is 4.79 Å². The second-order valence-corrected chi connectivity index (χ2v) is 9.31. The van der Waals surface area contributed by atoms with Crippen LogP contribution in [0.1, 0.15) is 47.6 Å². The summed E-state index contributed by atoms with van der Waals surface area (Å²) in [5.74, 6) is 0.538. The quantitative estimate of drug-likeness (QED) is 0.380. The molecule has 0 aliphatic carbocycles. The molecule has 0 bridgehead atoms. The molecular weight excluding hydrogens is 443 g/mol. The molecule has 0 saturated heterocycles. The zero-order valence-electron chi connectivity index (χ0n) is 19.6. The largest absolute Gasteiger partial charge is 0.330 e. The van der Waals surface area contributed by atoms with Crippen molar-refractivity contribution in [2.75, 3.05) is 13.1 Å². The van der Waals surface area contributed by atoms with Gasteiger partial charge in [-0.3, -0.25) is 14.2 Å². The summed E-state index contributed by atoms with van der Waals surface area (Å²) in [5.41, 5.74) is 8.47. The Morgan fingerprint density at radius 2 is 1.88 bits per heavy atom. The van der Waals surface area contributed by atoms with Gasteiger partial charge in [-0.1, -0.05) is 67.0 Å². The second-order valence-electron chi connectivity index (χ2n) is 8.42. The summed E-state index contributed by atoms with van der Waals surface area (Å²) in [6.45, 7) is 3.39. The van der Waals surface area contributed by atoms with E-state index in [1.165, 1.54) is 11.3 Å². The predicted molar refractivity (Wildman–Crippen MR) is 142 cm³/mol. The second kappa shape index (κ2) is 10.8.